The van der Waals surface area contributed by atoms with Crippen LogP contribution in [-0.2, 0) is 0 Å². The molecule has 114 heavy (non-hydrogen) atoms. The number of nitrogens with zero attached hydrogens (tertiary/aromatic N) is 8. The van der Waals surface area contributed by atoms with Crippen molar-refractivity contribution in [1.82, 2.24) is 36.2 Å². The molecule has 0 fully saturated rings. The third kappa shape index (κ3) is 9.87. The van der Waals surface area contributed by atoms with E-state index >= 15 is 0 Å². The first-order chi connectivity index (χ1) is 56.4. The molecule has 0 spiro atoms. The van der Waals surface area contributed by atoms with Gasteiger partial charge in [0.25, 0.3) is 11.1 Å². The predicted octanol–water partition coefficient (Wildman–Crippen LogP) is 25.0. The first kappa shape index (κ1) is 64.5. The Bertz CT molecular complexity index is 8230. The molecule has 0 amide bonds. The molecule has 10 heteroatoms. The summed E-state index contributed by atoms with van der Waals surface area (Å²) >= 11 is 0. The number of hydrogen-bond acceptors (Lipinski definition) is 2. The summed E-state index contributed by atoms with van der Waals surface area (Å²) < 4.78 is 17.5. The fourth-order valence-electron chi connectivity index (χ4n) is 18.3. The molecule has 0 aliphatic carbocycles. The molecule has 0 saturated heterocycles. The van der Waals surface area contributed by atoms with Gasteiger partial charge in [0, 0.05) is 71.2 Å². The number of hydrogen-bond donors (Lipinski definition) is 0. The number of para-hydroxylation sites is 9. The standard InChI is InChI=1S/C53H34N4O.C51H32N4O/c58-53-43-22-9-12-25-49(43)57-46(35-14-3-1-4-15-35)30-31-52(57)56(53)40-19-13-18-39(34-40)55-48-24-11-8-21-42(48)45-33-37(27-29-51(45)55)36-26-28-50-44(32-36)41-20-7-10-23-47(41)54(50)38-16-5-2-6-17-38;56-51-41-20-7-11-24-47(41)55-44-21-8-4-13-35(44)31-50(55)54(51)38-17-12-16-37(32-38)53-46-23-10-6-19-40(46)43-30-34(26-28-49(43)53)33-25-27-48-42(29-33)39-18-5-9-22-45(39)52(48)36-14-2-1-3-15-36/h1-34H;1-32H. The van der Waals surface area contributed by atoms with Gasteiger partial charge in [0.2, 0.25) is 0 Å². The van der Waals surface area contributed by atoms with Crippen molar-refractivity contribution in [2.24, 2.45) is 0 Å². The molecular formula is C104H66N8O2. The maximum absolute atomic E-state index is 14.5. The highest BCUT2D eigenvalue weighted by Gasteiger charge is 2.23. The van der Waals surface area contributed by atoms with Gasteiger partial charge >= 0.3 is 0 Å². The van der Waals surface area contributed by atoms with E-state index in [-0.39, 0.29) is 11.1 Å². The Labute approximate surface area is 652 Å². The van der Waals surface area contributed by atoms with E-state index in [1.807, 2.05) is 81.9 Å². The van der Waals surface area contributed by atoms with Gasteiger partial charge in [-0.3, -0.25) is 27.5 Å². The van der Waals surface area contributed by atoms with Gasteiger partial charge in [-0.05, 0) is 210 Å². The Hall–Kier alpha value is -15.5. The van der Waals surface area contributed by atoms with Gasteiger partial charge in [0.15, 0.2) is 0 Å². The molecule has 16 aromatic carbocycles. The number of benzene rings is 16. The number of aromatic nitrogens is 8. The second kappa shape index (κ2) is 25.5. The van der Waals surface area contributed by atoms with Gasteiger partial charge in [-0.2, -0.15) is 0 Å². The van der Waals surface area contributed by atoms with Crippen LogP contribution in [0.2, 0.25) is 0 Å². The molecule has 534 valence electrons. The summed E-state index contributed by atoms with van der Waals surface area (Å²) in [4.78, 5) is 28.8. The lowest BCUT2D eigenvalue weighted by atomic mass is 10.0. The van der Waals surface area contributed by atoms with E-state index in [1.165, 1.54) is 76.3 Å². The van der Waals surface area contributed by atoms with Gasteiger partial charge in [0.1, 0.15) is 11.3 Å². The highest BCUT2D eigenvalue weighted by atomic mass is 16.1. The zero-order chi connectivity index (χ0) is 75.2. The van der Waals surface area contributed by atoms with E-state index in [0.29, 0.717) is 10.8 Å². The SMILES string of the molecule is O=c1c2ccccc2n2c(-c3ccccc3)ccc2n1-c1cccc(-n2c3ccccc3c3cc(-c4ccc5c(c4)c4ccccc4n5-c4ccccc4)ccc32)c1.O=c1c2ccccc2n2c3ccccc3cc2n1-c1cccc(-n2c3ccccc3c3cc(-c4ccc5c(c4)c4ccccc4n5-c4ccccc4)ccc32)c1. The molecule has 0 aliphatic rings. The molecule has 0 N–H and O–H groups in total. The molecule has 0 saturated carbocycles. The number of rotatable bonds is 9. The molecular weight excluding hydrogens is 1390 g/mol. The summed E-state index contributed by atoms with van der Waals surface area (Å²) in [5, 5.41) is 12.1. The van der Waals surface area contributed by atoms with Crippen LogP contribution in [0.3, 0.4) is 0 Å². The summed E-state index contributed by atoms with van der Waals surface area (Å²) in [5.74, 6) is 0. The Morgan fingerprint density at radius 2 is 0.456 bits per heavy atom. The van der Waals surface area contributed by atoms with Crippen molar-refractivity contribution in [3.8, 4) is 67.6 Å². The van der Waals surface area contributed by atoms with Crippen LogP contribution in [-0.4, -0.2) is 36.2 Å². The summed E-state index contributed by atoms with van der Waals surface area (Å²) in [5.41, 5.74) is 26.3. The second-order valence-electron chi connectivity index (χ2n) is 29.5. The minimum Gasteiger partial charge on any atom is -0.309 e. The average molecular weight is 1460 g/mol. The largest absolute Gasteiger partial charge is 0.309 e. The lowest BCUT2D eigenvalue weighted by Crippen LogP contribution is -2.21. The molecule has 0 bridgehead atoms. The molecule has 0 radical (unpaired) electrons. The normalized spacial score (nSPS) is 11.9. The predicted molar refractivity (Wildman–Crippen MR) is 472 cm³/mol. The van der Waals surface area contributed by atoms with Gasteiger partial charge in [-0.25, -0.2) is 0 Å². The molecule has 0 atom stereocenters. The second-order valence-corrected chi connectivity index (χ2v) is 29.5. The van der Waals surface area contributed by atoms with Crippen LogP contribution in [0, 0.1) is 0 Å². The maximum Gasteiger partial charge on any atom is 0.266 e. The summed E-state index contributed by atoms with van der Waals surface area (Å²) in [6.07, 6.45) is 0. The van der Waals surface area contributed by atoms with E-state index in [2.05, 4.69) is 355 Å². The van der Waals surface area contributed by atoms with Crippen LogP contribution in [0.1, 0.15) is 0 Å². The van der Waals surface area contributed by atoms with Crippen LogP contribution >= 0.6 is 0 Å². The quantitative estimate of drug-likeness (QED) is 0.144. The van der Waals surface area contributed by atoms with Gasteiger partial charge in [0.05, 0.1) is 88.5 Å². The molecule has 0 unspecified atom stereocenters. The lowest BCUT2D eigenvalue weighted by Gasteiger charge is -2.16. The van der Waals surface area contributed by atoms with Crippen molar-refractivity contribution in [3.63, 3.8) is 0 Å². The van der Waals surface area contributed by atoms with Gasteiger partial charge in [-0.1, -0.05) is 218 Å². The van der Waals surface area contributed by atoms with E-state index in [4.69, 9.17) is 0 Å². The van der Waals surface area contributed by atoms with Crippen LogP contribution in [0.4, 0.5) is 0 Å². The Balaban J connectivity index is 0.000000135. The number of fused-ring (bicyclic) bond motifs is 20. The third-order valence-electron chi connectivity index (χ3n) is 23.3. The molecule has 24 rings (SSSR count). The topological polar surface area (TPSA) is 72.5 Å². The highest BCUT2D eigenvalue weighted by Crippen LogP contribution is 2.43. The van der Waals surface area contributed by atoms with E-state index in [1.54, 1.807) is 0 Å². The van der Waals surface area contributed by atoms with Gasteiger partial charge in [-0.15, -0.1) is 0 Å². The van der Waals surface area contributed by atoms with Crippen molar-refractivity contribution in [2.75, 3.05) is 0 Å². The van der Waals surface area contributed by atoms with Crippen LogP contribution in [0.15, 0.2) is 410 Å². The Kier molecular flexibility index (Phi) is 14.4. The van der Waals surface area contributed by atoms with E-state index in [9.17, 15) is 9.59 Å². The van der Waals surface area contributed by atoms with Crippen molar-refractivity contribution >= 4 is 131 Å². The molecule has 8 heterocycles. The molecule has 8 aromatic heterocycles. The minimum atomic E-state index is -0.0475. The van der Waals surface area contributed by atoms with Gasteiger partial charge < -0.3 is 18.3 Å². The summed E-state index contributed by atoms with van der Waals surface area (Å²) in [6, 6.07) is 141. The monoisotopic (exact) mass is 1460 g/mol. The fraction of sp³-hybridized carbons (Fsp3) is 0. The summed E-state index contributed by atoms with van der Waals surface area (Å²) in [7, 11) is 0. The van der Waals surface area contributed by atoms with E-state index < -0.39 is 0 Å². The first-order valence-corrected chi connectivity index (χ1v) is 38.6. The smallest absolute Gasteiger partial charge is 0.266 e. The first-order valence-electron chi connectivity index (χ1n) is 38.6. The van der Waals surface area contributed by atoms with Crippen molar-refractivity contribution < 1.29 is 0 Å². The Morgan fingerprint density at radius 1 is 0.158 bits per heavy atom. The Morgan fingerprint density at radius 3 is 0.868 bits per heavy atom. The van der Waals surface area contributed by atoms with Crippen molar-refractivity contribution in [2.45, 2.75) is 0 Å². The van der Waals surface area contributed by atoms with Crippen molar-refractivity contribution in [3.05, 3.63) is 421 Å². The maximum atomic E-state index is 14.5. The average Bonchev–Trinajstić information content (AvgIpc) is 1.51. The molecule has 24 aromatic rings. The van der Waals surface area contributed by atoms with Crippen LogP contribution in [0.25, 0.3) is 199 Å². The molecule has 10 nitrogen and oxygen atoms in total. The van der Waals surface area contributed by atoms with Crippen LogP contribution in [0.5, 0.6) is 0 Å². The lowest BCUT2D eigenvalue weighted by molar-refractivity contribution is 0.997. The van der Waals surface area contributed by atoms with E-state index in [0.717, 1.165) is 112 Å². The van der Waals surface area contributed by atoms with Crippen LogP contribution < -0.4 is 11.1 Å². The zero-order valence-electron chi connectivity index (χ0n) is 61.5. The minimum absolute atomic E-state index is 0.0382. The highest BCUT2D eigenvalue weighted by molar-refractivity contribution is 6.15. The zero-order valence-corrected chi connectivity index (χ0v) is 61.5. The molecule has 0 aliphatic heterocycles. The van der Waals surface area contributed by atoms with Crippen molar-refractivity contribution in [1.29, 1.82) is 0 Å². The fourth-order valence-corrected chi connectivity index (χ4v) is 18.3. The third-order valence-corrected chi connectivity index (χ3v) is 23.3. The summed E-state index contributed by atoms with van der Waals surface area (Å²) in [6.45, 7) is 0.